The number of carbonyl (C=O) groups excluding carboxylic acids is 2. The fourth-order valence-electron chi connectivity index (χ4n) is 4.91. The van der Waals surface area contributed by atoms with E-state index in [-0.39, 0.29) is 46.8 Å². The number of nitrogens with one attached hydrogen (secondary N) is 1. The van der Waals surface area contributed by atoms with Crippen LogP contribution in [0.4, 0.5) is 0 Å². The Bertz CT molecular complexity index is 824. The van der Waals surface area contributed by atoms with Crippen molar-refractivity contribution in [2.75, 3.05) is 19.6 Å². The first-order chi connectivity index (χ1) is 14.2. The molecule has 11 heteroatoms. The first-order valence-corrected chi connectivity index (χ1v) is 11.0. The summed E-state index contributed by atoms with van der Waals surface area (Å²) in [5, 5.41) is 23.0. The quantitative estimate of drug-likeness (QED) is 0.230. The van der Waals surface area contributed by atoms with Gasteiger partial charge in [-0.25, -0.2) is 4.79 Å². The third kappa shape index (κ3) is 3.28. The molecule has 4 heterocycles. The lowest BCUT2D eigenvalue weighted by atomic mass is 9.79. The van der Waals surface area contributed by atoms with Crippen LogP contribution in [-0.4, -0.2) is 93.2 Å². The van der Waals surface area contributed by atoms with E-state index in [0.29, 0.717) is 31.0 Å². The molecular formula is C19H27N5O5S. The highest BCUT2D eigenvalue weighted by Gasteiger charge is 2.60. The molecule has 0 bridgehead atoms. The largest absolute Gasteiger partial charge is 0.477 e. The maximum absolute atomic E-state index is 12.7. The lowest BCUT2D eigenvalue weighted by Crippen LogP contribution is -2.63. The third-order valence-corrected chi connectivity index (χ3v) is 7.98. The van der Waals surface area contributed by atoms with Crippen molar-refractivity contribution in [3.05, 3.63) is 10.6 Å². The van der Waals surface area contributed by atoms with Gasteiger partial charge in [0.1, 0.15) is 5.70 Å². The van der Waals surface area contributed by atoms with E-state index in [9.17, 15) is 24.6 Å². The Morgan fingerprint density at radius 1 is 1.40 bits per heavy atom. The lowest BCUT2D eigenvalue weighted by Gasteiger charge is -2.46. The number of amides is 2. The van der Waals surface area contributed by atoms with Gasteiger partial charge in [0.15, 0.2) is 0 Å². The van der Waals surface area contributed by atoms with Gasteiger partial charge in [0.25, 0.3) is 0 Å². The Kier molecular flexibility index (Phi) is 5.54. The zero-order valence-electron chi connectivity index (χ0n) is 16.9. The standard InChI is InChI=1S/C19H27N5O5S/c1-8-14-13(9(2)25)18(27)24(14)15(19(28)29)16(8)30-11-3-12(21-4-11)17(26)23-5-10(6-23)22-7-20/h7-14,21,25H,3-6H2,1-2H3,(H2,20,22)(H,28,29)/t8-,9?,11+,12+,13-,14-/m1/s1. The molecule has 3 saturated heterocycles. The van der Waals surface area contributed by atoms with Gasteiger partial charge < -0.3 is 31.1 Å². The summed E-state index contributed by atoms with van der Waals surface area (Å²) < 4.78 is 0. The predicted molar refractivity (Wildman–Crippen MR) is 110 cm³/mol. The van der Waals surface area contributed by atoms with E-state index in [1.807, 2.05) is 6.92 Å². The number of likely N-dealkylation sites (tertiary alicyclic amines) is 1. The molecule has 10 nitrogen and oxygen atoms in total. The van der Waals surface area contributed by atoms with Crippen LogP contribution in [0.5, 0.6) is 0 Å². The van der Waals surface area contributed by atoms with Crippen molar-refractivity contribution in [1.82, 2.24) is 15.1 Å². The Morgan fingerprint density at radius 2 is 2.10 bits per heavy atom. The number of aliphatic imine (C=N–C) groups is 1. The Labute approximate surface area is 178 Å². The molecule has 0 spiro atoms. The molecule has 0 aromatic heterocycles. The number of hydrogen-bond acceptors (Lipinski definition) is 7. The summed E-state index contributed by atoms with van der Waals surface area (Å²) in [4.78, 5) is 44.8. The molecule has 5 N–H and O–H groups in total. The molecule has 4 aliphatic rings. The van der Waals surface area contributed by atoms with Gasteiger partial charge in [-0.3, -0.25) is 14.6 Å². The van der Waals surface area contributed by atoms with Crippen LogP contribution in [0.1, 0.15) is 20.3 Å². The number of nitrogens with zero attached hydrogens (tertiary/aromatic N) is 3. The highest BCUT2D eigenvalue weighted by molar-refractivity contribution is 8.03. The van der Waals surface area contributed by atoms with Crippen LogP contribution >= 0.6 is 11.8 Å². The average Bonchev–Trinajstić information content (AvgIpc) is 3.20. The van der Waals surface area contributed by atoms with E-state index in [1.54, 1.807) is 11.8 Å². The van der Waals surface area contributed by atoms with Crippen LogP contribution in [0.25, 0.3) is 0 Å². The predicted octanol–water partition coefficient (Wildman–Crippen LogP) is -1.20. The van der Waals surface area contributed by atoms with E-state index in [2.05, 4.69) is 10.3 Å². The third-order valence-electron chi connectivity index (χ3n) is 6.46. The van der Waals surface area contributed by atoms with Crippen LogP contribution in [-0.2, 0) is 14.4 Å². The number of aliphatic hydroxyl groups excluding tert-OH is 1. The second-order valence-electron chi connectivity index (χ2n) is 8.40. The summed E-state index contributed by atoms with van der Waals surface area (Å²) in [6.07, 6.45) is 1.03. The lowest BCUT2D eigenvalue weighted by molar-refractivity contribution is -0.163. The average molecular weight is 438 g/mol. The van der Waals surface area contributed by atoms with Crippen LogP contribution in [0.15, 0.2) is 15.6 Å². The minimum absolute atomic E-state index is 0.0272. The summed E-state index contributed by atoms with van der Waals surface area (Å²) in [6.45, 7) is 5.18. The van der Waals surface area contributed by atoms with Crippen molar-refractivity contribution in [2.24, 2.45) is 22.6 Å². The second-order valence-corrected chi connectivity index (χ2v) is 9.75. The normalized spacial score (nSPS) is 34.9. The van der Waals surface area contributed by atoms with Crippen LogP contribution in [0.3, 0.4) is 0 Å². The summed E-state index contributed by atoms with van der Waals surface area (Å²) in [5.74, 6) is -2.17. The zero-order valence-corrected chi connectivity index (χ0v) is 17.7. The molecule has 0 aromatic rings. The monoisotopic (exact) mass is 437 g/mol. The SMILES string of the molecule is CC(O)[C@H]1C(=O)N2C(C(=O)O)=C(S[C@@H]3CN[C@H](C(=O)N4CC(N=CN)C4)C3)[C@H](C)[C@H]12. The number of aliphatic carboxylic acids is 1. The van der Waals surface area contributed by atoms with E-state index < -0.39 is 18.0 Å². The number of nitrogens with two attached hydrogens (primary N) is 1. The number of carboxylic acid groups (broad SMARTS) is 1. The number of rotatable bonds is 6. The molecule has 2 amide bonds. The van der Waals surface area contributed by atoms with Crippen molar-refractivity contribution in [3.8, 4) is 0 Å². The minimum Gasteiger partial charge on any atom is -0.477 e. The number of β-lactam (4-membered cyclic amide) rings is 1. The van der Waals surface area contributed by atoms with Gasteiger partial charge in [0.05, 0.1) is 36.5 Å². The molecule has 164 valence electrons. The molecule has 4 rings (SSSR count). The van der Waals surface area contributed by atoms with E-state index in [0.717, 1.165) is 0 Å². The molecule has 6 atom stereocenters. The maximum Gasteiger partial charge on any atom is 0.353 e. The fraction of sp³-hybridized carbons (Fsp3) is 0.684. The Morgan fingerprint density at radius 3 is 2.70 bits per heavy atom. The van der Waals surface area contributed by atoms with E-state index in [4.69, 9.17) is 5.73 Å². The number of hydrogen-bond donors (Lipinski definition) is 4. The molecule has 3 fully saturated rings. The molecule has 0 saturated carbocycles. The zero-order chi connectivity index (χ0) is 21.7. The smallest absolute Gasteiger partial charge is 0.353 e. The second kappa shape index (κ2) is 7.86. The Hall–Kier alpha value is -2.11. The van der Waals surface area contributed by atoms with Gasteiger partial charge in [-0.05, 0) is 13.3 Å². The van der Waals surface area contributed by atoms with Crippen LogP contribution in [0, 0.1) is 11.8 Å². The van der Waals surface area contributed by atoms with Gasteiger partial charge in [0, 0.05) is 35.7 Å². The summed E-state index contributed by atoms with van der Waals surface area (Å²) in [6, 6.07) is -0.559. The maximum atomic E-state index is 12.7. The molecular weight excluding hydrogens is 410 g/mol. The van der Waals surface area contributed by atoms with Crippen molar-refractivity contribution >= 4 is 35.9 Å². The first kappa shape index (κ1) is 21.1. The van der Waals surface area contributed by atoms with E-state index in [1.165, 1.54) is 23.0 Å². The van der Waals surface area contributed by atoms with Gasteiger partial charge >= 0.3 is 5.97 Å². The molecule has 0 radical (unpaired) electrons. The molecule has 0 aliphatic carbocycles. The number of aliphatic hydroxyl groups is 1. The van der Waals surface area contributed by atoms with E-state index >= 15 is 0 Å². The summed E-state index contributed by atoms with van der Waals surface area (Å²) >= 11 is 1.44. The number of thioether (sulfide) groups is 1. The van der Waals surface area contributed by atoms with Crippen molar-refractivity contribution in [3.63, 3.8) is 0 Å². The minimum atomic E-state index is -1.13. The van der Waals surface area contributed by atoms with Gasteiger partial charge in [-0.15, -0.1) is 11.8 Å². The number of carboxylic acids is 1. The van der Waals surface area contributed by atoms with Gasteiger partial charge in [-0.2, -0.15) is 0 Å². The molecule has 4 aliphatic heterocycles. The van der Waals surface area contributed by atoms with Crippen molar-refractivity contribution in [2.45, 2.75) is 49.7 Å². The van der Waals surface area contributed by atoms with Crippen molar-refractivity contribution in [1.29, 1.82) is 0 Å². The van der Waals surface area contributed by atoms with Gasteiger partial charge in [0.2, 0.25) is 11.8 Å². The summed E-state index contributed by atoms with van der Waals surface area (Å²) in [7, 11) is 0. The highest BCUT2D eigenvalue weighted by atomic mass is 32.2. The molecule has 30 heavy (non-hydrogen) atoms. The number of carbonyl (C=O) groups is 3. The first-order valence-electron chi connectivity index (χ1n) is 10.1. The topological polar surface area (TPSA) is 149 Å². The highest BCUT2D eigenvalue weighted by Crippen LogP contribution is 2.51. The fourth-order valence-corrected chi connectivity index (χ4v) is 6.39. The van der Waals surface area contributed by atoms with Crippen LogP contribution in [0.2, 0.25) is 0 Å². The van der Waals surface area contributed by atoms with Crippen LogP contribution < -0.4 is 11.1 Å². The van der Waals surface area contributed by atoms with Gasteiger partial charge in [-0.1, -0.05) is 6.92 Å². The van der Waals surface area contributed by atoms with Crippen molar-refractivity contribution < 1.29 is 24.6 Å². The number of fused-ring (bicyclic) bond motifs is 1. The summed E-state index contributed by atoms with van der Waals surface area (Å²) in [5.41, 5.74) is 5.31. The Balaban J connectivity index is 1.41. The molecule has 1 unspecified atom stereocenters. The molecule has 0 aromatic carbocycles.